The number of aryl methyl sites for hydroxylation is 1. The molecule has 0 bridgehead atoms. The van der Waals surface area contributed by atoms with Crippen molar-refractivity contribution in [2.45, 2.75) is 39.0 Å². The first-order valence-corrected chi connectivity index (χ1v) is 7.01. The first-order valence-electron chi connectivity index (χ1n) is 7.01. The first kappa shape index (κ1) is 11.8. The van der Waals surface area contributed by atoms with Crippen LogP contribution in [-0.2, 0) is 17.6 Å². The molecule has 3 rings (SSSR count). The van der Waals surface area contributed by atoms with Crippen LogP contribution in [0.3, 0.4) is 0 Å². The minimum absolute atomic E-state index is 0.280. The van der Waals surface area contributed by atoms with Crippen molar-refractivity contribution in [3.05, 3.63) is 29.3 Å². The average molecular weight is 244 g/mol. The summed E-state index contributed by atoms with van der Waals surface area (Å²) >= 11 is 0. The van der Waals surface area contributed by atoms with Crippen LogP contribution < -0.4 is 4.74 Å². The minimum Gasteiger partial charge on any atom is -0.493 e. The molecule has 0 N–H and O–H groups in total. The Hall–Kier alpha value is -1.31. The number of Topliss-reactive ketones (excluding diaryl/α,β-unsaturated/α-hetero) is 1. The number of hydrogen-bond donors (Lipinski definition) is 0. The average Bonchev–Trinajstić information content (AvgIpc) is 2.96. The molecule has 2 heteroatoms. The van der Waals surface area contributed by atoms with E-state index in [0.29, 0.717) is 11.7 Å². The Morgan fingerprint density at radius 2 is 2.22 bits per heavy atom. The quantitative estimate of drug-likeness (QED) is 0.816. The molecule has 2 aliphatic rings. The maximum absolute atomic E-state index is 11.5. The van der Waals surface area contributed by atoms with E-state index in [1.807, 2.05) is 0 Å². The third-order valence-electron chi connectivity index (χ3n) is 4.53. The van der Waals surface area contributed by atoms with Gasteiger partial charge in [0.25, 0.3) is 0 Å². The lowest BCUT2D eigenvalue weighted by molar-refractivity contribution is -0.120. The third kappa shape index (κ3) is 2.16. The summed E-state index contributed by atoms with van der Waals surface area (Å²) in [6.45, 7) is 2.92. The number of carbonyl (C=O) groups is 1. The van der Waals surface area contributed by atoms with Crippen LogP contribution in [0.5, 0.6) is 5.75 Å². The summed E-state index contributed by atoms with van der Waals surface area (Å²) in [5.41, 5.74) is 2.74. The van der Waals surface area contributed by atoms with Gasteiger partial charge < -0.3 is 4.74 Å². The molecule has 1 aliphatic carbocycles. The highest BCUT2D eigenvalue weighted by molar-refractivity contribution is 5.82. The predicted molar refractivity (Wildman–Crippen MR) is 70.9 cm³/mol. The smallest absolute Gasteiger partial charge is 0.135 e. The van der Waals surface area contributed by atoms with Crippen molar-refractivity contribution in [2.24, 2.45) is 11.8 Å². The Bertz CT molecular complexity index is 464. The Kier molecular flexibility index (Phi) is 3.11. The monoisotopic (exact) mass is 244 g/mol. The van der Waals surface area contributed by atoms with Gasteiger partial charge in [0, 0.05) is 18.8 Å². The van der Waals surface area contributed by atoms with Crippen LogP contribution in [-0.4, -0.2) is 12.4 Å². The number of benzene rings is 1. The molecule has 0 amide bonds. The van der Waals surface area contributed by atoms with Gasteiger partial charge in [0.2, 0.25) is 0 Å². The maximum Gasteiger partial charge on any atom is 0.135 e. The molecule has 0 spiro atoms. The molecular formula is C16H20O2. The molecule has 0 saturated heterocycles. The van der Waals surface area contributed by atoms with Crippen LogP contribution in [0.15, 0.2) is 18.2 Å². The second-order valence-corrected chi connectivity index (χ2v) is 5.63. The zero-order chi connectivity index (χ0) is 12.5. The highest BCUT2D eigenvalue weighted by Gasteiger charge is 2.30. The molecule has 1 aromatic rings. The van der Waals surface area contributed by atoms with Crippen molar-refractivity contribution < 1.29 is 9.53 Å². The molecule has 96 valence electrons. The lowest BCUT2D eigenvalue weighted by Gasteiger charge is -2.14. The van der Waals surface area contributed by atoms with Gasteiger partial charge >= 0.3 is 0 Å². The summed E-state index contributed by atoms with van der Waals surface area (Å²) in [4.78, 5) is 11.5. The van der Waals surface area contributed by atoms with Crippen molar-refractivity contribution >= 4 is 5.78 Å². The molecule has 2 nitrogen and oxygen atoms in total. The van der Waals surface area contributed by atoms with Crippen molar-refractivity contribution in [3.8, 4) is 5.75 Å². The molecule has 0 radical (unpaired) electrons. The van der Waals surface area contributed by atoms with Gasteiger partial charge in [-0.05, 0) is 42.4 Å². The van der Waals surface area contributed by atoms with E-state index >= 15 is 0 Å². The van der Waals surface area contributed by atoms with Gasteiger partial charge in [-0.15, -0.1) is 0 Å². The van der Waals surface area contributed by atoms with Gasteiger partial charge in [0.05, 0.1) is 6.61 Å². The van der Waals surface area contributed by atoms with Crippen molar-refractivity contribution in [1.82, 2.24) is 0 Å². The van der Waals surface area contributed by atoms with Crippen LogP contribution in [0.2, 0.25) is 0 Å². The van der Waals surface area contributed by atoms with E-state index in [1.165, 1.54) is 11.1 Å². The summed E-state index contributed by atoms with van der Waals surface area (Å²) < 4.78 is 5.52. The number of rotatable bonds is 3. The van der Waals surface area contributed by atoms with Crippen molar-refractivity contribution in [2.75, 3.05) is 6.61 Å². The van der Waals surface area contributed by atoms with Crippen molar-refractivity contribution in [3.63, 3.8) is 0 Å². The molecule has 2 atom stereocenters. The Balaban J connectivity index is 1.62. The largest absolute Gasteiger partial charge is 0.493 e. The normalized spacial score (nSPS) is 26.2. The lowest BCUT2D eigenvalue weighted by atomic mass is 9.90. The summed E-state index contributed by atoms with van der Waals surface area (Å²) in [6, 6.07) is 6.55. The van der Waals surface area contributed by atoms with E-state index in [2.05, 4.69) is 25.1 Å². The zero-order valence-corrected chi connectivity index (χ0v) is 10.9. The van der Waals surface area contributed by atoms with Crippen LogP contribution in [0, 0.1) is 11.8 Å². The molecule has 2 unspecified atom stereocenters. The SMILES string of the molecule is CC1C(=O)CCC1CCc1ccc2c(c1)CCO2. The Morgan fingerprint density at radius 3 is 3.00 bits per heavy atom. The molecule has 1 fully saturated rings. The molecule has 0 aromatic heterocycles. The first-order chi connectivity index (χ1) is 8.74. The van der Waals surface area contributed by atoms with Gasteiger partial charge in [0.1, 0.15) is 11.5 Å². The summed E-state index contributed by atoms with van der Waals surface area (Å²) in [7, 11) is 0. The fraction of sp³-hybridized carbons (Fsp3) is 0.562. The van der Waals surface area contributed by atoms with Crippen LogP contribution >= 0.6 is 0 Å². The highest BCUT2D eigenvalue weighted by atomic mass is 16.5. The van der Waals surface area contributed by atoms with Gasteiger partial charge in [-0.25, -0.2) is 0 Å². The van der Waals surface area contributed by atoms with Gasteiger partial charge in [-0.3, -0.25) is 4.79 Å². The van der Waals surface area contributed by atoms with Gasteiger partial charge in [-0.2, -0.15) is 0 Å². The van der Waals surface area contributed by atoms with Gasteiger partial charge in [0.15, 0.2) is 0 Å². The lowest BCUT2D eigenvalue weighted by Crippen LogP contribution is -2.11. The standard InChI is InChI=1S/C16H20O2/c1-11-13(5-6-15(11)17)4-2-12-3-7-16-14(10-12)8-9-18-16/h3,7,10-11,13H,2,4-6,8-9H2,1H3. The second kappa shape index (κ2) is 4.75. The Morgan fingerprint density at radius 1 is 1.33 bits per heavy atom. The van der Waals surface area contributed by atoms with E-state index in [0.717, 1.165) is 44.5 Å². The molecule has 18 heavy (non-hydrogen) atoms. The number of fused-ring (bicyclic) bond motifs is 1. The summed E-state index contributed by atoms with van der Waals surface area (Å²) in [5, 5.41) is 0. The van der Waals surface area contributed by atoms with E-state index in [9.17, 15) is 4.79 Å². The van der Waals surface area contributed by atoms with Gasteiger partial charge in [-0.1, -0.05) is 19.1 Å². The number of carbonyl (C=O) groups excluding carboxylic acids is 1. The van der Waals surface area contributed by atoms with Crippen LogP contribution in [0.1, 0.15) is 37.3 Å². The second-order valence-electron chi connectivity index (χ2n) is 5.63. The number of ketones is 1. The predicted octanol–water partition coefficient (Wildman–Crippen LogP) is 3.17. The topological polar surface area (TPSA) is 26.3 Å². The van der Waals surface area contributed by atoms with Crippen LogP contribution in [0.4, 0.5) is 0 Å². The Labute approximate surface area is 108 Å². The highest BCUT2D eigenvalue weighted by Crippen LogP contribution is 2.33. The summed E-state index contributed by atoms with van der Waals surface area (Å²) in [6.07, 6.45) is 5.17. The third-order valence-corrected chi connectivity index (χ3v) is 4.53. The van der Waals surface area contributed by atoms with E-state index < -0.39 is 0 Å². The van der Waals surface area contributed by atoms with Crippen molar-refractivity contribution in [1.29, 1.82) is 0 Å². The molecule has 1 aliphatic heterocycles. The molecular weight excluding hydrogens is 224 g/mol. The molecule has 1 heterocycles. The zero-order valence-electron chi connectivity index (χ0n) is 10.9. The maximum atomic E-state index is 11.5. The fourth-order valence-corrected chi connectivity index (χ4v) is 3.21. The molecule has 1 aromatic carbocycles. The van der Waals surface area contributed by atoms with E-state index in [4.69, 9.17) is 4.74 Å². The van der Waals surface area contributed by atoms with Crippen LogP contribution in [0.25, 0.3) is 0 Å². The van der Waals surface area contributed by atoms with E-state index in [-0.39, 0.29) is 5.92 Å². The fourth-order valence-electron chi connectivity index (χ4n) is 3.21. The summed E-state index contributed by atoms with van der Waals surface area (Å²) in [5.74, 6) is 2.40. The van der Waals surface area contributed by atoms with E-state index in [1.54, 1.807) is 0 Å². The minimum atomic E-state index is 0.280. The molecule has 1 saturated carbocycles. The number of ether oxygens (including phenoxy) is 1. The number of hydrogen-bond acceptors (Lipinski definition) is 2.